The lowest BCUT2D eigenvalue weighted by molar-refractivity contribution is -0.115. The molecule has 0 fully saturated rings. The summed E-state index contributed by atoms with van der Waals surface area (Å²) in [6.45, 7) is 2.13. The van der Waals surface area contributed by atoms with Crippen molar-refractivity contribution in [3.05, 3.63) is 48.0 Å². The summed E-state index contributed by atoms with van der Waals surface area (Å²) >= 11 is 5.02. The summed E-state index contributed by atoms with van der Waals surface area (Å²) in [6.07, 6.45) is 2.41. The van der Waals surface area contributed by atoms with Gasteiger partial charge in [0.05, 0.1) is 16.6 Å². The van der Waals surface area contributed by atoms with Crippen molar-refractivity contribution >= 4 is 56.1 Å². The first-order valence-corrected chi connectivity index (χ1v) is 10.7. The van der Waals surface area contributed by atoms with E-state index in [0.29, 0.717) is 11.6 Å². The van der Waals surface area contributed by atoms with Crippen LogP contribution < -0.4 is 5.32 Å². The van der Waals surface area contributed by atoms with Crippen LogP contribution in [0, 0.1) is 0 Å². The van der Waals surface area contributed by atoms with Crippen LogP contribution in [0.2, 0.25) is 0 Å². The molecule has 124 valence electrons. The number of carbonyl (C=O) groups is 1. The fourth-order valence-electron chi connectivity index (χ4n) is 2.30. The van der Waals surface area contributed by atoms with Gasteiger partial charge in [-0.05, 0) is 47.9 Å². The Morgan fingerprint density at radius 1 is 1.17 bits per heavy atom. The van der Waals surface area contributed by atoms with Gasteiger partial charge in [-0.1, -0.05) is 30.4 Å². The summed E-state index contributed by atoms with van der Waals surface area (Å²) in [5.74, 6) is 1.02. The summed E-state index contributed by atoms with van der Waals surface area (Å²) in [4.78, 5) is 19.2. The minimum atomic E-state index is -0.0324. The van der Waals surface area contributed by atoms with Gasteiger partial charge in [-0.25, -0.2) is 4.98 Å². The van der Waals surface area contributed by atoms with Crippen molar-refractivity contribution in [3.8, 4) is 0 Å². The zero-order valence-corrected chi connectivity index (χ0v) is 16.0. The SMILES string of the molecule is CCSc1ccc(CC(=O)Nc2nc3ccc(SC)cc3s2)cc1. The molecule has 0 spiro atoms. The van der Waals surface area contributed by atoms with E-state index in [4.69, 9.17) is 0 Å². The maximum absolute atomic E-state index is 12.2. The molecule has 3 nitrogen and oxygen atoms in total. The van der Waals surface area contributed by atoms with E-state index in [0.717, 1.165) is 21.5 Å². The van der Waals surface area contributed by atoms with E-state index >= 15 is 0 Å². The molecular formula is C18H18N2OS3. The van der Waals surface area contributed by atoms with Gasteiger partial charge >= 0.3 is 0 Å². The van der Waals surface area contributed by atoms with Crippen LogP contribution >= 0.6 is 34.9 Å². The molecule has 1 aromatic heterocycles. The van der Waals surface area contributed by atoms with Crippen molar-refractivity contribution in [2.75, 3.05) is 17.3 Å². The number of amides is 1. The van der Waals surface area contributed by atoms with Crippen LogP contribution in [0.15, 0.2) is 52.3 Å². The molecule has 1 amide bonds. The standard InChI is InChI=1S/C18H18N2OS3/c1-3-23-13-6-4-12(5-7-13)10-17(21)20-18-19-15-9-8-14(22-2)11-16(15)24-18/h4-9,11H,3,10H2,1-2H3,(H,19,20,21). The Kier molecular flexibility index (Phi) is 5.81. The first kappa shape index (κ1) is 17.3. The highest BCUT2D eigenvalue weighted by Gasteiger charge is 2.09. The molecule has 0 aliphatic rings. The third kappa shape index (κ3) is 4.32. The lowest BCUT2D eigenvalue weighted by atomic mass is 10.1. The minimum Gasteiger partial charge on any atom is -0.302 e. The van der Waals surface area contributed by atoms with Crippen LogP contribution in [0.5, 0.6) is 0 Å². The van der Waals surface area contributed by atoms with Crippen molar-refractivity contribution < 1.29 is 4.79 Å². The molecule has 24 heavy (non-hydrogen) atoms. The number of hydrogen-bond acceptors (Lipinski definition) is 5. The van der Waals surface area contributed by atoms with Crippen LogP contribution in [0.3, 0.4) is 0 Å². The number of hydrogen-bond donors (Lipinski definition) is 1. The summed E-state index contributed by atoms with van der Waals surface area (Å²) in [5, 5.41) is 3.57. The summed E-state index contributed by atoms with van der Waals surface area (Å²) < 4.78 is 1.10. The molecule has 0 saturated heterocycles. The first-order valence-electron chi connectivity index (χ1n) is 7.64. The van der Waals surface area contributed by atoms with Crippen molar-refractivity contribution in [2.24, 2.45) is 0 Å². The summed E-state index contributed by atoms with van der Waals surface area (Å²) in [6, 6.07) is 14.3. The zero-order chi connectivity index (χ0) is 16.9. The number of anilines is 1. The second-order valence-corrected chi connectivity index (χ2v) is 8.40. The average Bonchev–Trinajstić information content (AvgIpc) is 2.97. The van der Waals surface area contributed by atoms with Gasteiger partial charge in [-0.2, -0.15) is 0 Å². The van der Waals surface area contributed by atoms with E-state index in [2.05, 4.69) is 41.7 Å². The van der Waals surface area contributed by atoms with E-state index in [1.54, 1.807) is 23.5 Å². The van der Waals surface area contributed by atoms with E-state index in [9.17, 15) is 4.79 Å². The lowest BCUT2D eigenvalue weighted by Crippen LogP contribution is -2.14. The highest BCUT2D eigenvalue weighted by molar-refractivity contribution is 7.99. The Morgan fingerprint density at radius 3 is 2.62 bits per heavy atom. The Hall–Kier alpha value is -1.50. The Morgan fingerprint density at radius 2 is 1.92 bits per heavy atom. The molecule has 0 atom stereocenters. The second kappa shape index (κ2) is 8.05. The summed E-state index contributed by atoms with van der Waals surface area (Å²) in [5.41, 5.74) is 1.94. The maximum Gasteiger partial charge on any atom is 0.230 e. The van der Waals surface area contributed by atoms with Gasteiger partial charge in [-0.15, -0.1) is 23.5 Å². The number of fused-ring (bicyclic) bond motifs is 1. The quantitative estimate of drug-likeness (QED) is 0.594. The molecule has 0 unspecified atom stereocenters. The van der Waals surface area contributed by atoms with Gasteiger partial charge in [0, 0.05) is 9.79 Å². The van der Waals surface area contributed by atoms with Gasteiger partial charge in [0.25, 0.3) is 0 Å². The highest BCUT2D eigenvalue weighted by atomic mass is 32.2. The van der Waals surface area contributed by atoms with Gasteiger partial charge in [-0.3, -0.25) is 4.79 Å². The number of nitrogens with one attached hydrogen (secondary N) is 1. The molecule has 0 radical (unpaired) electrons. The number of nitrogens with zero attached hydrogens (tertiary/aromatic N) is 1. The normalized spacial score (nSPS) is 10.9. The zero-order valence-electron chi connectivity index (χ0n) is 13.5. The molecule has 0 bridgehead atoms. The van der Waals surface area contributed by atoms with Gasteiger partial charge < -0.3 is 5.32 Å². The van der Waals surface area contributed by atoms with Gasteiger partial charge in [0.2, 0.25) is 5.91 Å². The second-order valence-electron chi connectivity index (χ2n) is 5.15. The molecule has 6 heteroatoms. The van der Waals surface area contributed by atoms with Crippen LogP contribution in [0.1, 0.15) is 12.5 Å². The Bertz CT molecular complexity index is 843. The number of thioether (sulfide) groups is 2. The van der Waals surface area contributed by atoms with Crippen molar-refractivity contribution in [3.63, 3.8) is 0 Å². The van der Waals surface area contributed by atoms with Crippen LogP contribution in [0.4, 0.5) is 5.13 Å². The average molecular weight is 375 g/mol. The monoisotopic (exact) mass is 374 g/mol. The highest BCUT2D eigenvalue weighted by Crippen LogP contribution is 2.29. The van der Waals surface area contributed by atoms with Crippen LogP contribution in [-0.4, -0.2) is 22.9 Å². The third-order valence-electron chi connectivity index (χ3n) is 3.44. The third-order valence-corrected chi connectivity index (χ3v) is 5.99. The fourth-order valence-corrected chi connectivity index (χ4v) is 4.40. The maximum atomic E-state index is 12.2. The van der Waals surface area contributed by atoms with Crippen LogP contribution in [0.25, 0.3) is 10.2 Å². The van der Waals surface area contributed by atoms with Crippen LogP contribution in [-0.2, 0) is 11.2 Å². The number of benzene rings is 2. The predicted octanol–water partition coefficient (Wildman–Crippen LogP) is 5.31. The molecule has 1 heterocycles. The number of rotatable bonds is 6. The number of aromatic nitrogens is 1. The molecule has 2 aromatic carbocycles. The fraction of sp³-hybridized carbons (Fsp3) is 0.222. The topological polar surface area (TPSA) is 42.0 Å². The Labute approximate surface area is 154 Å². The van der Waals surface area contributed by atoms with E-state index < -0.39 is 0 Å². The molecule has 0 saturated carbocycles. The van der Waals surface area contributed by atoms with Gasteiger partial charge in [0.15, 0.2) is 5.13 Å². The van der Waals surface area contributed by atoms with E-state index in [-0.39, 0.29) is 5.91 Å². The lowest BCUT2D eigenvalue weighted by Gasteiger charge is -2.03. The molecule has 1 N–H and O–H groups in total. The Balaban J connectivity index is 1.65. The van der Waals surface area contributed by atoms with E-state index in [1.165, 1.54) is 21.1 Å². The molecule has 3 rings (SSSR count). The first-order chi connectivity index (χ1) is 11.7. The molecule has 0 aliphatic carbocycles. The minimum absolute atomic E-state index is 0.0324. The van der Waals surface area contributed by atoms with E-state index in [1.807, 2.05) is 24.3 Å². The molecule has 3 aromatic rings. The molecule has 0 aliphatic heterocycles. The molecular weight excluding hydrogens is 356 g/mol. The van der Waals surface area contributed by atoms with Gasteiger partial charge in [0.1, 0.15) is 0 Å². The summed E-state index contributed by atoms with van der Waals surface area (Å²) in [7, 11) is 0. The smallest absolute Gasteiger partial charge is 0.230 e. The van der Waals surface area contributed by atoms with Crippen molar-refractivity contribution in [1.29, 1.82) is 0 Å². The van der Waals surface area contributed by atoms with Crippen molar-refractivity contribution in [1.82, 2.24) is 4.98 Å². The number of carbonyl (C=O) groups excluding carboxylic acids is 1. The predicted molar refractivity (Wildman–Crippen MR) is 107 cm³/mol. The number of thiazole rings is 1. The largest absolute Gasteiger partial charge is 0.302 e. The van der Waals surface area contributed by atoms with Crippen molar-refractivity contribution in [2.45, 2.75) is 23.1 Å².